The third kappa shape index (κ3) is 8.20. The zero-order valence-corrected chi connectivity index (χ0v) is 21.0. The minimum atomic E-state index is 0.358. The van der Waals surface area contributed by atoms with Crippen molar-refractivity contribution in [1.29, 1.82) is 5.26 Å². The van der Waals surface area contributed by atoms with Crippen molar-refractivity contribution >= 4 is 35.7 Å². The average Bonchev–Trinajstić information content (AvgIpc) is 3.44. The number of nitrogens with two attached hydrogens (primary N) is 1. The summed E-state index contributed by atoms with van der Waals surface area (Å²) in [7, 11) is 1.96. The van der Waals surface area contributed by atoms with Crippen LogP contribution in [0.3, 0.4) is 0 Å². The van der Waals surface area contributed by atoms with E-state index in [0.29, 0.717) is 80.6 Å². The summed E-state index contributed by atoms with van der Waals surface area (Å²) in [5, 5.41) is 18.7. The van der Waals surface area contributed by atoms with Crippen LogP contribution < -0.4 is 21.7 Å². The lowest BCUT2D eigenvalue weighted by Gasteiger charge is -2.18. The highest BCUT2D eigenvalue weighted by Crippen LogP contribution is 2.25. The normalized spacial score (nSPS) is 12.2. The SMILES string of the molecule is CN(CCNC=O)CCc1cc(CCCN)c(Nc2cc(NCC3=NC=CC3)c(C#N)cn2)nc1C=O. The highest BCUT2D eigenvalue weighted by molar-refractivity contribution is 5.92. The van der Waals surface area contributed by atoms with Crippen molar-refractivity contribution in [3.05, 3.63) is 53.0 Å². The van der Waals surface area contributed by atoms with Gasteiger partial charge in [-0.15, -0.1) is 0 Å². The van der Waals surface area contributed by atoms with Crippen molar-refractivity contribution in [1.82, 2.24) is 20.2 Å². The monoisotopic (exact) mass is 503 g/mol. The molecular weight excluding hydrogens is 470 g/mol. The second-order valence-corrected chi connectivity index (χ2v) is 8.67. The highest BCUT2D eigenvalue weighted by Gasteiger charge is 2.14. The molecule has 0 aliphatic carbocycles. The molecule has 3 rings (SSSR count). The van der Waals surface area contributed by atoms with Crippen LogP contribution in [0.5, 0.6) is 0 Å². The summed E-state index contributed by atoms with van der Waals surface area (Å²) in [6, 6.07) is 5.91. The maximum Gasteiger partial charge on any atom is 0.207 e. The first-order valence-corrected chi connectivity index (χ1v) is 12.2. The minimum absolute atomic E-state index is 0.358. The second kappa shape index (κ2) is 14.4. The van der Waals surface area contributed by atoms with E-state index in [2.05, 4.69) is 41.9 Å². The fourth-order valence-corrected chi connectivity index (χ4v) is 3.84. The van der Waals surface area contributed by atoms with Gasteiger partial charge < -0.3 is 26.6 Å². The lowest BCUT2D eigenvalue weighted by molar-refractivity contribution is -0.109. The number of aryl methyl sites for hydroxylation is 1. The number of aldehydes is 1. The van der Waals surface area contributed by atoms with Gasteiger partial charge in [0.2, 0.25) is 6.41 Å². The van der Waals surface area contributed by atoms with Gasteiger partial charge in [-0.05, 0) is 50.0 Å². The van der Waals surface area contributed by atoms with Gasteiger partial charge in [-0.2, -0.15) is 5.26 Å². The number of amides is 1. The topological polar surface area (TPSA) is 161 Å². The van der Waals surface area contributed by atoms with Crippen LogP contribution in [0.15, 0.2) is 35.6 Å². The predicted octanol–water partition coefficient (Wildman–Crippen LogP) is 1.79. The Hall–Kier alpha value is -4.14. The third-order valence-corrected chi connectivity index (χ3v) is 5.93. The number of carbonyl (C=O) groups is 2. The Bertz CT molecular complexity index is 1190. The molecule has 11 nitrogen and oxygen atoms in total. The van der Waals surface area contributed by atoms with Crippen LogP contribution in [-0.2, 0) is 17.6 Å². The van der Waals surface area contributed by atoms with Gasteiger partial charge in [-0.25, -0.2) is 9.97 Å². The predicted molar refractivity (Wildman–Crippen MR) is 144 cm³/mol. The van der Waals surface area contributed by atoms with Crippen LogP contribution >= 0.6 is 0 Å². The Morgan fingerprint density at radius 1 is 1.22 bits per heavy atom. The zero-order chi connectivity index (χ0) is 26.5. The first-order valence-electron chi connectivity index (χ1n) is 12.2. The number of aliphatic imine (C=N–C) groups is 1. The molecule has 3 heterocycles. The van der Waals surface area contributed by atoms with Gasteiger partial charge in [0.25, 0.3) is 0 Å². The standard InChI is InChI=1S/C26H33N9O2/c1-35(11-9-29-18-37)10-6-19-12-20(4-2-7-27)26(33-24(19)17-36)34-25-13-23(21(14-28)15-32-25)31-16-22-5-3-8-30-22/h3,8,12-13,15,17-18H,2,4-7,9-11,16,27H2,1H3,(H,29,37)(H2,31,32,33,34). The molecule has 5 N–H and O–H groups in total. The van der Waals surface area contributed by atoms with E-state index in [1.165, 1.54) is 6.20 Å². The lowest BCUT2D eigenvalue weighted by atomic mass is 10.0. The molecule has 0 bridgehead atoms. The number of anilines is 3. The molecule has 0 atom stereocenters. The molecule has 11 heteroatoms. The second-order valence-electron chi connectivity index (χ2n) is 8.67. The van der Waals surface area contributed by atoms with Crippen LogP contribution in [0.4, 0.5) is 17.3 Å². The fourth-order valence-electron chi connectivity index (χ4n) is 3.84. The average molecular weight is 504 g/mol. The number of likely N-dealkylation sites (N-methyl/N-ethyl adjacent to an activating group) is 1. The molecule has 0 saturated heterocycles. The van der Waals surface area contributed by atoms with Gasteiger partial charge in [0.1, 0.15) is 23.4 Å². The number of pyridine rings is 2. The lowest BCUT2D eigenvalue weighted by Crippen LogP contribution is -2.30. The number of nitriles is 1. The molecule has 0 saturated carbocycles. The van der Waals surface area contributed by atoms with Crippen molar-refractivity contribution in [2.24, 2.45) is 10.7 Å². The van der Waals surface area contributed by atoms with E-state index in [1.54, 1.807) is 12.3 Å². The smallest absolute Gasteiger partial charge is 0.207 e. The van der Waals surface area contributed by atoms with Gasteiger partial charge in [0.15, 0.2) is 6.29 Å². The van der Waals surface area contributed by atoms with Crippen LogP contribution in [0.2, 0.25) is 0 Å². The maximum atomic E-state index is 11.9. The van der Waals surface area contributed by atoms with Crippen LogP contribution in [0.1, 0.15) is 40.0 Å². The Balaban J connectivity index is 1.80. The summed E-state index contributed by atoms with van der Waals surface area (Å²) in [6.07, 6.45) is 9.56. The molecule has 1 aliphatic heterocycles. The molecule has 0 unspecified atom stereocenters. The van der Waals surface area contributed by atoms with Crippen LogP contribution in [-0.4, -0.2) is 73.0 Å². The first kappa shape index (κ1) is 27.4. The van der Waals surface area contributed by atoms with Crippen LogP contribution in [0, 0.1) is 11.3 Å². The summed E-state index contributed by atoms with van der Waals surface area (Å²) in [6.45, 7) is 3.02. The van der Waals surface area contributed by atoms with Crippen molar-refractivity contribution in [3.8, 4) is 6.07 Å². The number of allylic oxidation sites excluding steroid dienone is 1. The fraction of sp³-hybridized carbons (Fsp3) is 0.385. The first-order chi connectivity index (χ1) is 18.1. The van der Waals surface area contributed by atoms with E-state index in [-0.39, 0.29) is 0 Å². The number of hydrogen-bond acceptors (Lipinski definition) is 10. The largest absolute Gasteiger partial charge is 0.378 e. The van der Waals surface area contributed by atoms with Gasteiger partial charge in [0.05, 0.1) is 17.8 Å². The van der Waals surface area contributed by atoms with Gasteiger partial charge in [-0.1, -0.05) is 6.08 Å². The molecule has 1 amide bonds. The number of rotatable bonds is 16. The number of nitrogens with zero attached hydrogens (tertiary/aromatic N) is 5. The number of aromatic nitrogens is 2. The van der Waals surface area contributed by atoms with Crippen molar-refractivity contribution in [2.75, 3.05) is 50.4 Å². The summed E-state index contributed by atoms with van der Waals surface area (Å²) in [5.74, 6) is 1.04. The molecule has 2 aromatic heterocycles. The molecule has 194 valence electrons. The van der Waals surface area contributed by atoms with Crippen molar-refractivity contribution in [3.63, 3.8) is 0 Å². The molecule has 1 aliphatic rings. The third-order valence-electron chi connectivity index (χ3n) is 5.93. The van der Waals surface area contributed by atoms with E-state index in [0.717, 1.165) is 36.0 Å². The molecule has 37 heavy (non-hydrogen) atoms. The van der Waals surface area contributed by atoms with Crippen LogP contribution in [0.25, 0.3) is 0 Å². The number of hydrogen-bond donors (Lipinski definition) is 4. The van der Waals surface area contributed by atoms with E-state index in [4.69, 9.17) is 5.73 Å². The summed E-state index contributed by atoms with van der Waals surface area (Å²) < 4.78 is 0. The van der Waals surface area contributed by atoms with Crippen molar-refractivity contribution < 1.29 is 9.59 Å². The molecule has 2 aromatic rings. The number of carbonyl (C=O) groups excluding carboxylic acids is 2. The van der Waals surface area contributed by atoms with E-state index < -0.39 is 0 Å². The summed E-state index contributed by atoms with van der Waals surface area (Å²) in [5.41, 5.74) is 9.95. The Kier molecular flexibility index (Phi) is 10.7. The van der Waals surface area contributed by atoms with E-state index in [1.807, 2.05) is 19.2 Å². The molecule has 0 spiro atoms. The van der Waals surface area contributed by atoms with Gasteiger partial charge in [-0.3, -0.25) is 14.6 Å². The summed E-state index contributed by atoms with van der Waals surface area (Å²) in [4.78, 5) is 37.7. The molecule has 0 fully saturated rings. The van der Waals surface area contributed by atoms with Gasteiger partial charge in [0, 0.05) is 50.2 Å². The zero-order valence-electron chi connectivity index (χ0n) is 21.0. The maximum absolute atomic E-state index is 11.9. The Morgan fingerprint density at radius 3 is 2.78 bits per heavy atom. The van der Waals surface area contributed by atoms with Gasteiger partial charge >= 0.3 is 0 Å². The molecule has 0 radical (unpaired) electrons. The Labute approximate surface area is 216 Å². The highest BCUT2D eigenvalue weighted by atomic mass is 16.1. The van der Waals surface area contributed by atoms with Crippen molar-refractivity contribution in [2.45, 2.75) is 25.7 Å². The molecular formula is C26H33N9O2. The quantitative estimate of drug-likeness (QED) is 0.198. The number of nitrogens with one attached hydrogen (secondary N) is 3. The molecule has 0 aromatic carbocycles. The summed E-state index contributed by atoms with van der Waals surface area (Å²) >= 11 is 0. The van der Waals surface area contributed by atoms with E-state index in [9.17, 15) is 14.9 Å². The minimum Gasteiger partial charge on any atom is -0.378 e. The Morgan fingerprint density at radius 2 is 2.08 bits per heavy atom. The van der Waals surface area contributed by atoms with E-state index >= 15 is 0 Å².